The fourth-order valence-electron chi connectivity index (χ4n) is 2.79. The molecule has 1 aromatic heterocycles. The lowest BCUT2D eigenvalue weighted by Crippen LogP contribution is -2.29. The van der Waals surface area contributed by atoms with Gasteiger partial charge in [-0.25, -0.2) is 4.39 Å². The van der Waals surface area contributed by atoms with Crippen molar-refractivity contribution in [3.63, 3.8) is 0 Å². The highest BCUT2D eigenvalue weighted by Crippen LogP contribution is 2.17. The van der Waals surface area contributed by atoms with Gasteiger partial charge >= 0.3 is 0 Å². The van der Waals surface area contributed by atoms with Gasteiger partial charge in [0.15, 0.2) is 5.82 Å². The third kappa shape index (κ3) is 4.11. The quantitative estimate of drug-likeness (QED) is 0.919. The third-order valence-electron chi connectivity index (χ3n) is 3.93. The Labute approximate surface area is 123 Å². The van der Waals surface area contributed by atoms with Crippen molar-refractivity contribution in [1.82, 2.24) is 15.5 Å². The van der Waals surface area contributed by atoms with E-state index < -0.39 is 0 Å². The Morgan fingerprint density at radius 2 is 2.33 bits per heavy atom. The maximum atomic E-state index is 13.1. The van der Waals surface area contributed by atoms with E-state index in [-0.39, 0.29) is 5.82 Å². The highest BCUT2D eigenvalue weighted by atomic mass is 19.1. The predicted octanol–water partition coefficient (Wildman–Crippen LogP) is 2.73. The van der Waals surface area contributed by atoms with Crippen LogP contribution in [-0.4, -0.2) is 23.2 Å². The molecule has 5 heteroatoms. The fourth-order valence-corrected chi connectivity index (χ4v) is 2.79. The first-order valence-corrected chi connectivity index (χ1v) is 7.56. The Morgan fingerprint density at radius 3 is 3.14 bits per heavy atom. The van der Waals surface area contributed by atoms with Gasteiger partial charge in [0.05, 0.1) is 0 Å². The Hall–Kier alpha value is -1.75. The van der Waals surface area contributed by atoms with E-state index in [1.807, 2.05) is 6.07 Å². The van der Waals surface area contributed by atoms with Crippen LogP contribution in [0.25, 0.3) is 0 Å². The van der Waals surface area contributed by atoms with E-state index in [9.17, 15) is 4.39 Å². The van der Waals surface area contributed by atoms with Crippen LogP contribution in [-0.2, 0) is 12.8 Å². The summed E-state index contributed by atoms with van der Waals surface area (Å²) in [7, 11) is 0. The van der Waals surface area contributed by atoms with Crippen LogP contribution in [0.5, 0.6) is 0 Å². The van der Waals surface area contributed by atoms with Gasteiger partial charge < -0.3 is 9.84 Å². The molecule has 2 heterocycles. The third-order valence-corrected chi connectivity index (χ3v) is 3.93. The van der Waals surface area contributed by atoms with Crippen molar-refractivity contribution >= 4 is 0 Å². The standard InChI is InChI=1S/C16H20FN3O/c17-14-5-1-3-13(9-14)10-15-19-16(21-20-15)7-6-12-4-2-8-18-11-12/h1,3,5,9,12,18H,2,4,6-8,10-11H2. The topological polar surface area (TPSA) is 51.0 Å². The summed E-state index contributed by atoms with van der Waals surface area (Å²) in [4.78, 5) is 4.40. The summed E-state index contributed by atoms with van der Waals surface area (Å²) in [5, 5.41) is 7.39. The molecule has 0 amide bonds. The minimum atomic E-state index is -0.235. The minimum Gasteiger partial charge on any atom is -0.339 e. The van der Waals surface area contributed by atoms with Crippen LogP contribution in [0.2, 0.25) is 0 Å². The van der Waals surface area contributed by atoms with E-state index in [1.54, 1.807) is 6.07 Å². The highest BCUT2D eigenvalue weighted by molar-refractivity contribution is 5.19. The summed E-state index contributed by atoms with van der Waals surface area (Å²) in [6.45, 7) is 2.22. The van der Waals surface area contributed by atoms with Crippen molar-refractivity contribution in [1.29, 1.82) is 0 Å². The van der Waals surface area contributed by atoms with Crippen LogP contribution in [0.4, 0.5) is 4.39 Å². The number of benzene rings is 1. The van der Waals surface area contributed by atoms with Crippen LogP contribution in [0, 0.1) is 11.7 Å². The summed E-state index contributed by atoms with van der Waals surface area (Å²) < 4.78 is 18.4. The van der Waals surface area contributed by atoms with Crippen molar-refractivity contribution in [2.24, 2.45) is 5.92 Å². The van der Waals surface area contributed by atoms with E-state index in [1.165, 1.54) is 25.0 Å². The average Bonchev–Trinajstić information content (AvgIpc) is 2.94. The minimum absolute atomic E-state index is 0.235. The molecule has 1 saturated heterocycles. The smallest absolute Gasteiger partial charge is 0.226 e. The van der Waals surface area contributed by atoms with E-state index in [0.717, 1.165) is 31.5 Å². The molecule has 1 fully saturated rings. The largest absolute Gasteiger partial charge is 0.339 e. The molecule has 112 valence electrons. The van der Waals surface area contributed by atoms with Crippen molar-refractivity contribution in [2.45, 2.75) is 32.1 Å². The summed E-state index contributed by atoms with van der Waals surface area (Å²) in [6.07, 6.45) is 4.93. The number of aryl methyl sites for hydroxylation is 1. The number of hydrogen-bond donors (Lipinski definition) is 1. The Balaban J connectivity index is 1.53. The molecule has 1 atom stereocenters. The van der Waals surface area contributed by atoms with Crippen molar-refractivity contribution in [2.75, 3.05) is 13.1 Å². The Kier molecular flexibility index (Phi) is 4.60. The fraction of sp³-hybridized carbons (Fsp3) is 0.500. The number of rotatable bonds is 5. The van der Waals surface area contributed by atoms with Gasteiger partial charge in [0.25, 0.3) is 0 Å². The summed E-state index contributed by atoms with van der Waals surface area (Å²) in [5.41, 5.74) is 0.860. The molecule has 3 rings (SSSR count). The van der Waals surface area contributed by atoms with Crippen LogP contribution in [0.15, 0.2) is 28.8 Å². The number of nitrogens with zero attached hydrogens (tertiary/aromatic N) is 2. The second-order valence-corrected chi connectivity index (χ2v) is 5.66. The maximum Gasteiger partial charge on any atom is 0.226 e. The molecule has 0 spiro atoms. The molecule has 21 heavy (non-hydrogen) atoms. The van der Waals surface area contributed by atoms with Gasteiger partial charge in [-0.15, -0.1) is 0 Å². The van der Waals surface area contributed by atoms with Crippen molar-refractivity contribution < 1.29 is 8.91 Å². The lowest BCUT2D eigenvalue weighted by Gasteiger charge is -2.21. The first kappa shape index (κ1) is 14.2. The highest BCUT2D eigenvalue weighted by Gasteiger charge is 2.15. The molecule has 0 bridgehead atoms. The van der Waals surface area contributed by atoms with Crippen LogP contribution in [0.3, 0.4) is 0 Å². The van der Waals surface area contributed by atoms with E-state index in [2.05, 4.69) is 15.5 Å². The molecular weight excluding hydrogens is 269 g/mol. The first-order chi connectivity index (χ1) is 10.3. The summed E-state index contributed by atoms with van der Waals surface area (Å²) >= 11 is 0. The van der Waals surface area contributed by atoms with Crippen molar-refractivity contribution in [3.05, 3.63) is 47.4 Å². The van der Waals surface area contributed by atoms with Crippen molar-refractivity contribution in [3.8, 4) is 0 Å². The van der Waals surface area contributed by atoms with Crippen LogP contribution < -0.4 is 5.32 Å². The molecule has 1 unspecified atom stereocenters. The van der Waals surface area contributed by atoms with Gasteiger partial charge in [0.2, 0.25) is 5.89 Å². The first-order valence-electron chi connectivity index (χ1n) is 7.56. The summed E-state index contributed by atoms with van der Waals surface area (Å²) in [6, 6.07) is 6.50. The normalized spacial score (nSPS) is 18.8. The number of hydrogen-bond acceptors (Lipinski definition) is 4. The summed E-state index contributed by atoms with van der Waals surface area (Å²) in [5.74, 6) is 1.78. The molecule has 1 aromatic carbocycles. The van der Waals surface area contributed by atoms with Gasteiger partial charge in [-0.2, -0.15) is 4.98 Å². The molecule has 1 aliphatic heterocycles. The van der Waals surface area contributed by atoms with Gasteiger partial charge in [-0.05, 0) is 56.0 Å². The zero-order valence-electron chi connectivity index (χ0n) is 12.0. The number of halogens is 1. The second kappa shape index (κ2) is 6.80. The van der Waals surface area contributed by atoms with E-state index in [4.69, 9.17) is 4.52 Å². The molecule has 1 N–H and O–H groups in total. The zero-order chi connectivity index (χ0) is 14.5. The molecular formula is C16H20FN3O. The van der Waals surface area contributed by atoms with Gasteiger partial charge in [-0.3, -0.25) is 0 Å². The number of aromatic nitrogens is 2. The SMILES string of the molecule is Fc1cccc(Cc2noc(CCC3CCCNC3)n2)c1. The second-order valence-electron chi connectivity index (χ2n) is 5.66. The van der Waals surface area contributed by atoms with Gasteiger partial charge in [0, 0.05) is 12.8 Å². The lowest BCUT2D eigenvalue weighted by atomic mass is 9.95. The van der Waals surface area contributed by atoms with Gasteiger partial charge in [0.1, 0.15) is 5.82 Å². The lowest BCUT2D eigenvalue weighted by molar-refractivity contribution is 0.326. The average molecular weight is 289 g/mol. The van der Waals surface area contributed by atoms with E-state index in [0.29, 0.717) is 24.1 Å². The van der Waals surface area contributed by atoms with E-state index >= 15 is 0 Å². The van der Waals surface area contributed by atoms with Crippen LogP contribution in [0.1, 0.15) is 36.5 Å². The molecule has 0 aliphatic carbocycles. The Morgan fingerprint density at radius 1 is 1.38 bits per heavy atom. The maximum absolute atomic E-state index is 13.1. The van der Waals surface area contributed by atoms with Gasteiger partial charge in [-0.1, -0.05) is 17.3 Å². The number of piperidine rings is 1. The molecule has 1 aliphatic rings. The Bertz CT molecular complexity index is 578. The monoisotopic (exact) mass is 289 g/mol. The molecule has 2 aromatic rings. The zero-order valence-corrected chi connectivity index (χ0v) is 12.0. The molecule has 0 saturated carbocycles. The predicted molar refractivity (Wildman–Crippen MR) is 77.4 cm³/mol. The molecule has 4 nitrogen and oxygen atoms in total. The van der Waals surface area contributed by atoms with Crippen LogP contribution >= 0.6 is 0 Å². The number of nitrogens with one attached hydrogen (secondary N) is 1. The molecule has 0 radical (unpaired) electrons.